The molecule has 9 nitrogen and oxygen atoms in total. The van der Waals surface area contributed by atoms with Gasteiger partial charge in [0.2, 0.25) is 0 Å². The molecule has 154 valence electrons. The molecule has 0 aliphatic rings. The summed E-state index contributed by atoms with van der Waals surface area (Å²) < 4.78 is 18.5. The van der Waals surface area contributed by atoms with Crippen LogP contribution in [-0.4, -0.2) is 46.3 Å². The number of ketones is 1. The van der Waals surface area contributed by atoms with E-state index in [2.05, 4.69) is 10.1 Å². The van der Waals surface area contributed by atoms with Crippen LogP contribution in [0.1, 0.15) is 16.2 Å². The van der Waals surface area contributed by atoms with Gasteiger partial charge in [0.15, 0.2) is 22.9 Å². The number of Topliss-reactive ketones (excluding diaryl/α,β-unsaturated/α-hetero) is 1. The number of rotatable bonds is 6. The predicted octanol–water partition coefficient (Wildman–Crippen LogP) is 2.26. The van der Waals surface area contributed by atoms with Gasteiger partial charge in [0.1, 0.15) is 11.6 Å². The van der Waals surface area contributed by atoms with E-state index < -0.39 is 5.69 Å². The fraction of sp³-hybridized carbons (Fsp3) is 0.238. The second-order valence-electron chi connectivity index (χ2n) is 6.64. The molecule has 0 bridgehead atoms. The Morgan fingerprint density at radius 2 is 1.77 bits per heavy atom. The van der Waals surface area contributed by atoms with Gasteiger partial charge in [-0.1, -0.05) is 12.1 Å². The first-order valence-corrected chi connectivity index (χ1v) is 9.16. The molecular weight excluding hydrogens is 388 g/mol. The molecule has 0 unspecified atom stereocenters. The Hall–Kier alpha value is -3.88. The van der Waals surface area contributed by atoms with E-state index in [9.17, 15) is 9.59 Å². The molecule has 0 amide bonds. The van der Waals surface area contributed by atoms with Crippen LogP contribution in [0.2, 0.25) is 0 Å². The molecule has 0 spiro atoms. The quantitative estimate of drug-likeness (QED) is 0.452. The third-order valence-electron chi connectivity index (χ3n) is 4.85. The van der Waals surface area contributed by atoms with Crippen molar-refractivity contribution in [2.24, 2.45) is 0 Å². The minimum atomic E-state index is -0.471. The first-order valence-electron chi connectivity index (χ1n) is 9.16. The average molecular weight is 408 g/mol. The van der Waals surface area contributed by atoms with Crippen LogP contribution in [0.3, 0.4) is 0 Å². The van der Waals surface area contributed by atoms with E-state index in [4.69, 9.17) is 14.2 Å². The van der Waals surface area contributed by atoms with Gasteiger partial charge >= 0.3 is 5.69 Å². The zero-order valence-corrected chi connectivity index (χ0v) is 17.0. The number of fused-ring (bicyclic) bond motifs is 3. The van der Waals surface area contributed by atoms with Crippen LogP contribution >= 0.6 is 0 Å². The maximum Gasteiger partial charge on any atom is 0.351 e. The lowest BCUT2D eigenvalue weighted by molar-refractivity contribution is 0.0971. The number of aryl methyl sites for hydroxylation is 1. The zero-order chi connectivity index (χ0) is 21.4. The summed E-state index contributed by atoms with van der Waals surface area (Å²) in [7, 11) is 4.56. The molecule has 4 rings (SSSR count). The van der Waals surface area contributed by atoms with E-state index in [0.717, 1.165) is 0 Å². The van der Waals surface area contributed by atoms with Gasteiger partial charge in [-0.05, 0) is 25.1 Å². The Morgan fingerprint density at radius 1 is 1.03 bits per heavy atom. The van der Waals surface area contributed by atoms with Crippen molar-refractivity contribution in [1.29, 1.82) is 0 Å². The molecule has 0 radical (unpaired) electrons. The first kappa shape index (κ1) is 19.4. The molecule has 0 atom stereocenters. The highest BCUT2D eigenvalue weighted by Gasteiger charge is 2.19. The Kier molecular flexibility index (Phi) is 4.86. The number of carbonyl (C=O) groups is 1. The first-order chi connectivity index (χ1) is 14.5. The summed E-state index contributed by atoms with van der Waals surface area (Å²) in [6, 6.07) is 10.2. The van der Waals surface area contributed by atoms with Crippen LogP contribution < -0.4 is 19.9 Å². The average Bonchev–Trinajstić information content (AvgIpc) is 3.17. The summed E-state index contributed by atoms with van der Waals surface area (Å²) in [5.41, 5.74) is 0.846. The fourth-order valence-electron chi connectivity index (χ4n) is 3.40. The number of nitrogens with zero attached hydrogens (tertiary/aromatic N) is 4. The molecule has 0 aliphatic heterocycles. The molecule has 2 aromatic heterocycles. The number of methoxy groups -OCH3 is 3. The van der Waals surface area contributed by atoms with Gasteiger partial charge in [0.25, 0.3) is 0 Å². The number of hydrogen-bond acceptors (Lipinski definition) is 7. The van der Waals surface area contributed by atoms with Gasteiger partial charge in [0.05, 0.1) is 33.4 Å². The van der Waals surface area contributed by atoms with Crippen molar-refractivity contribution >= 4 is 22.3 Å². The van der Waals surface area contributed by atoms with Crippen molar-refractivity contribution in [3.8, 4) is 17.2 Å². The molecule has 9 heteroatoms. The lowest BCUT2D eigenvalue weighted by Gasteiger charge is -2.14. The highest BCUT2D eigenvalue weighted by molar-refractivity contribution is 5.98. The summed E-state index contributed by atoms with van der Waals surface area (Å²) in [5, 5.41) is 4.81. The summed E-state index contributed by atoms with van der Waals surface area (Å²) in [4.78, 5) is 30.5. The normalized spacial score (nSPS) is 11.1. The molecule has 2 heterocycles. The molecule has 0 saturated heterocycles. The number of benzene rings is 2. The zero-order valence-electron chi connectivity index (χ0n) is 17.0. The second-order valence-corrected chi connectivity index (χ2v) is 6.64. The van der Waals surface area contributed by atoms with E-state index in [0.29, 0.717) is 45.2 Å². The van der Waals surface area contributed by atoms with E-state index in [1.807, 2.05) is 0 Å². The van der Waals surface area contributed by atoms with Crippen molar-refractivity contribution < 1.29 is 19.0 Å². The van der Waals surface area contributed by atoms with Gasteiger partial charge < -0.3 is 14.2 Å². The largest absolute Gasteiger partial charge is 0.497 e. The van der Waals surface area contributed by atoms with Crippen LogP contribution in [0, 0.1) is 6.92 Å². The molecule has 0 aliphatic carbocycles. The van der Waals surface area contributed by atoms with Crippen molar-refractivity contribution in [3.63, 3.8) is 0 Å². The Bertz CT molecular complexity index is 1340. The van der Waals surface area contributed by atoms with Crippen molar-refractivity contribution in [2.75, 3.05) is 21.3 Å². The Balaban J connectivity index is 1.96. The highest BCUT2D eigenvalue weighted by atomic mass is 16.5. The molecule has 0 saturated carbocycles. The number of aromatic nitrogens is 4. The number of hydrogen-bond donors (Lipinski definition) is 0. The van der Waals surface area contributed by atoms with E-state index in [1.165, 1.54) is 30.4 Å². The number of carbonyl (C=O) groups excluding carboxylic acids is 1. The predicted molar refractivity (Wildman–Crippen MR) is 110 cm³/mol. The lowest BCUT2D eigenvalue weighted by Crippen LogP contribution is -2.30. The monoisotopic (exact) mass is 408 g/mol. The fourth-order valence-corrected chi connectivity index (χ4v) is 3.40. The summed E-state index contributed by atoms with van der Waals surface area (Å²) in [6.45, 7) is 1.51. The molecule has 4 aromatic rings. The van der Waals surface area contributed by atoms with Crippen molar-refractivity contribution in [3.05, 3.63) is 58.3 Å². The Labute approximate surface area is 171 Å². The third-order valence-corrected chi connectivity index (χ3v) is 4.85. The van der Waals surface area contributed by atoms with E-state index in [-0.39, 0.29) is 12.3 Å². The minimum Gasteiger partial charge on any atom is -0.497 e. The SMILES string of the molecule is COc1cccc(C(=O)Cn2c(=O)n3nc(C)nc3c3cc(OC)c(OC)cc32)c1. The third kappa shape index (κ3) is 3.14. The molecule has 0 fully saturated rings. The van der Waals surface area contributed by atoms with Gasteiger partial charge in [-0.3, -0.25) is 9.36 Å². The van der Waals surface area contributed by atoms with Gasteiger partial charge in [0, 0.05) is 17.0 Å². The smallest absolute Gasteiger partial charge is 0.351 e. The summed E-state index contributed by atoms with van der Waals surface area (Å²) in [5.74, 6) is 1.68. The standard InChI is InChI=1S/C21H20N4O5/c1-12-22-20-15-9-18(29-3)19(30-4)10-16(15)24(21(27)25(20)23-12)11-17(26)13-6-5-7-14(8-13)28-2/h5-10H,11H2,1-4H3. The van der Waals surface area contributed by atoms with Gasteiger partial charge in [-0.25, -0.2) is 9.78 Å². The maximum atomic E-state index is 13.2. The summed E-state index contributed by atoms with van der Waals surface area (Å²) >= 11 is 0. The van der Waals surface area contributed by atoms with Crippen LogP contribution in [-0.2, 0) is 6.54 Å². The topological polar surface area (TPSA) is 97.0 Å². The van der Waals surface area contributed by atoms with Gasteiger partial charge in [-0.2, -0.15) is 4.52 Å². The molecule has 0 N–H and O–H groups in total. The minimum absolute atomic E-state index is 0.188. The lowest BCUT2D eigenvalue weighted by atomic mass is 10.1. The van der Waals surface area contributed by atoms with Crippen LogP contribution in [0.15, 0.2) is 41.2 Å². The van der Waals surface area contributed by atoms with Gasteiger partial charge in [-0.15, -0.1) is 5.10 Å². The summed E-state index contributed by atoms with van der Waals surface area (Å²) in [6.07, 6.45) is 0. The van der Waals surface area contributed by atoms with Crippen LogP contribution in [0.4, 0.5) is 0 Å². The molecular formula is C21H20N4O5. The van der Waals surface area contributed by atoms with Crippen molar-refractivity contribution in [1.82, 2.24) is 19.2 Å². The molecule has 30 heavy (non-hydrogen) atoms. The number of ether oxygens (including phenoxy) is 3. The Morgan fingerprint density at radius 3 is 2.47 bits per heavy atom. The van der Waals surface area contributed by atoms with E-state index in [1.54, 1.807) is 43.3 Å². The maximum absolute atomic E-state index is 13.2. The van der Waals surface area contributed by atoms with Crippen LogP contribution in [0.5, 0.6) is 17.2 Å². The second kappa shape index (κ2) is 7.51. The molecule has 2 aromatic carbocycles. The highest BCUT2D eigenvalue weighted by Crippen LogP contribution is 2.33. The van der Waals surface area contributed by atoms with Crippen molar-refractivity contribution in [2.45, 2.75) is 13.5 Å². The van der Waals surface area contributed by atoms with Crippen LogP contribution in [0.25, 0.3) is 16.6 Å². The van der Waals surface area contributed by atoms with E-state index >= 15 is 0 Å².